The van der Waals surface area contributed by atoms with Crippen LogP contribution in [0.1, 0.15) is 11.1 Å². The minimum atomic E-state index is 0.427. The Morgan fingerprint density at radius 1 is 1.15 bits per heavy atom. The van der Waals surface area contributed by atoms with Crippen LogP contribution in [0.4, 0.5) is 0 Å². The van der Waals surface area contributed by atoms with Crippen molar-refractivity contribution in [3.05, 3.63) is 53.6 Å². The second-order valence-corrected chi connectivity index (χ2v) is 4.93. The summed E-state index contributed by atoms with van der Waals surface area (Å²) in [6.07, 6.45) is 2.02. The summed E-state index contributed by atoms with van der Waals surface area (Å²) in [6, 6.07) is 15.5. The minimum absolute atomic E-state index is 0.427. The average molecular weight is 285 g/mol. The van der Waals surface area contributed by atoms with Crippen LogP contribution in [0.5, 0.6) is 11.5 Å². The van der Waals surface area contributed by atoms with Crippen molar-refractivity contribution >= 4 is 11.8 Å². The van der Waals surface area contributed by atoms with E-state index in [-0.39, 0.29) is 0 Å². The first-order valence-corrected chi connectivity index (χ1v) is 7.33. The zero-order valence-electron chi connectivity index (χ0n) is 11.4. The summed E-state index contributed by atoms with van der Waals surface area (Å²) in [5.41, 5.74) is 1.46. The van der Waals surface area contributed by atoms with Crippen LogP contribution in [-0.2, 0) is 6.61 Å². The Balaban J connectivity index is 2.13. The van der Waals surface area contributed by atoms with Crippen molar-refractivity contribution in [1.82, 2.24) is 0 Å². The third-order valence-corrected chi connectivity index (χ3v) is 3.62. The number of thioether (sulfide) groups is 1. The molecule has 0 bridgehead atoms. The van der Waals surface area contributed by atoms with Gasteiger partial charge in [-0.15, -0.1) is 11.8 Å². The molecule has 0 atom stereocenters. The van der Waals surface area contributed by atoms with Crippen molar-refractivity contribution in [1.29, 1.82) is 5.26 Å². The molecule has 4 heteroatoms. The van der Waals surface area contributed by atoms with E-state index < -0.39 is 0 Å². The van der Waals surface area contributed by atoms with Crippen molar-refractivity contribution in [2.75, 3.05) is 13.4 Å². The molecule has 0 N–H and O–H groups in total. The number of methoxy groups -OCH3 is 1. The predicted molar refractivity (Wildman–Crippen MR) is 80.3 cm³/mol. The number of rotatable bonds is 5. The van der Waals surface area contributed by atoms with Crippen LogP contribution in [0.15, 0.2) is 47.4 Å². The van der Waals surface area contributed by atoms with Crippen LogP contribution in [0.2, 0.25) is 0 Å². The van der Waals surface area contributed by atoms with E-state index in [1.807, 2.05) is 36.6 Å². The number of para-hydroxylation sites is 1. The molecule has 0 heterocycles. The topological polar surface area (TPSA) is 42.2 Å². The zero-order chi connectivity index (χ0) is 14.4. The number of nitriles is 1. The van der Waals surface area contributed by atoms with Gasteiger partial charge in [0.25, 0.3) is 0 Å². The second-order valence-electron chi connectivity index (χ2n) is 4.09. The normalized spacial score (nSPS) is 9.85. The maximum absolute atomic E-state index is 9.07. The highest BCUT2D eigenvalue weighted by Gasteiger charge is 2.06. The molecular formula is C16H15NO2S. The standard InChI is InChI=1S/C16H15NO2S/c1-18-14-8-7-12(9-13(14)10-17)11-19-15-5-3-4-6-16(15)20-2/h3-9H,11H2,1-2H3. The third kappa shape index (κ3) is 3.25. The average Bonchev–Trinajstić information content (AvgIpc) is 2.52. The number of nitrogens with zero attached hydrogens (tertiary/aromatic N) is 1. The molecule has 102 valence electrons. The van der Waals surface area contributed by atoms with E-state index in [0.717, 1.165) is 16.2 Å². The lowest BCUT2D eigenvalue weighted by atomic mass is 10.1. The largest absolute Gasteiger partial charge is 0.495 e. The third-order valence-electron chi connectivity index (χ3n) is 2.85. The molecular weight excluding hydrogens is 270 g/mol. The summed E-state index contributed by atoms with van der Waals surface area (Å²) in [4.78, 5) is 1.10. The van der Waals surface area contributed by atoms with Gasteiger partial charge in [0.15, 0.2) is 0 Å². The smallest absolute Gasteiger partial charge is 0.136 e. The van der Waals surface area contributed by atoms with Crippen molar-refractivity contribution in [2.45, 2.75) is 11.5 Å². The molecule has 0 aliphatic rings. The highest BCUT2D eigenvalue weighted by molar-refractivity contribution is 7.98. The molecule has 0 spiro atoms. The number of ether oxygens (including phenoxy) is 2. The Morgan fingerprint density at radius 3 is 2.65 bits per heavy atom. The molecule has 0 saturated carbocycles. The van der Waals surface area contributed by atoms with E-state index in [2.05, 4.69) is 6.07 Å². The summed E-state index contributed by atoms with van der Waals surface area (Å²) >= 11 is 1.65. The Morgan fingerprint density at radius 2 is 1.95 bits per heavy atom. The molecule has 20 heavy (non-hydrogen) atoms. The van der Waals surface area contributed by atoms with Gasteiger partial charge in [0.05, 0.1) is 12.7 Å². The molecule has 2 rings (SSSR count). The predicted octanol–water partition coefficient (Wildman–Crippen LogP) is 3.87. The van der Waals surface area contributed by atoms with Crippen molar-refractivity contribution in [3.63, 3.8) is 0 Å². The first-order chi connectivity index (χ1) is 9.78. The van der Waals surface area contributed by atoms with Gasteiger partial charge in [-0.1, -0.05) is 18.2 Å². The Hall–Kier alpha value is -2.12. The fourth-order valence-corrected chi connectivity index (χ4v) is 2.37. The fraction of sp³-hybridized carbons (Fsp3) is 0.188. The van der Waals surface area contributed by atoms with Crippen LogP contribution >= 0.6 is 11.8 Å². The van der Waals surface area contributed by atoms with Crippen LogP contribution in [-0.4, -0.2) is 13.4 Å². The number of benzene rings is 2. The second kappa shape index (κ2) is 6.88. The molecule has 2 aromatic carbocycles. The van der Waals surface area contributed by atoms with Crippen molar-refractivity contribution < 1.29 is 9.47 Å². The summed E-state index contributed by atoms with van der Waals surface area (Å²) in [5.74, 6) is 1.44. The Labute approximate surface area is 123 Å². The van der Waals surface area contributed by atoms with E-state index in [1.165, 1.54) is 0 Å². The van der Waals surface area contributed by atoms with Crippen molar-refractivity contribution in [3.8, 4) is 17.6 Å². The van der Waals surface area contributed by atoms with E-state index in [9.17, 15) is 0 Å². The van der Waals surface area contributed by atoms with E-state index in [1.54, 1.807) is 31.0 Å². The fourth-order valence-electron chi connectivity index (χ4n) is 1.83. The van der Waals surface area contributed by atoms with Crippen LogP contribution < -0.4 is 9.47 Å². The zero-order valence-corrected chi connectivity index (χ0v) is 12.2. The van der Waals surface area contributed by atoms with E-state index >= 15 is 0 Å². The molecule has 0 aliphatic heterocycles. The summed E-state index contributed by atoms with van der Waals surface area (Å²) < 4.78 is 10.9. The lowest BCUT2D eigenvalue weighted by Gasteiger charge is -2.10. The van der Waals surface area contributed by atoms with Gasteiger partial charge in [0.2, 0.25) is 0 Å². The van der Waals surface area contributed by atoms with Gasteiger partial charge in [-0.2, -0.15) is 5.26 Å². The summed E-state index contributed by atoms with van der Waals surface area (Å²) in [7, 11) is 1.56. The Bertz CT molecular complexity index is 635. The molecule has 0 saturated heterocycles. The van der Waals surface area contributed by atoms with Gasteiger partial charge in [-0.3, -0.25) is 0 Å². The number of hydrogen-bond acceptors (Lipinski definition) is 4. The SMILES string of the molecule is COc1ccc(COc2ccccc2SC)cc1C#N. The monoisotopic (exact) mass is 285 g/mol. The summed E-state index contributed by atoms with van der Waals surface area (Å²) in [6.45, 7) is 0.427. The van der Waals surface area contributed by atoms with Crippen LogP contribution in [0, 0.1) is 11.3 Å². The molecule has 0 amide bonds. The van der Waals surface area contributed by atoms with E-state index in [4.69, 9.17) is 14.7 Å². The van der Waals surface area contributed by atoms with Gasteiger partial charge in [-0.05, 0) is 36.1 Å². The van der Waals surface area contributed by atoms with Crippen molar-refractivity contribution in [2.24, 2.45) is 0 Å². The highest BCUT2D eigenvalue weighted by Crippen LogP contribution is 2.28. The lowest BCUT2D eigenvalue weighted by Crippen LogP contribution is -1.98. The molecule has 0 aliphatic carbocycles. The first-order valence-electron chi connectivity index (χ1n) is 6.11. The summed E-state index contributed by atoms with van der Waals surface area (Å²) in [5, 5.41) is 9.07. The maximum Gasteiger partial charge on any atom is 0.136 e. The lowest BCUT2D eigenvalue weighted by molar-refractivity contribution is 0.298. The molecule has 0 radical (unpaired) electrons. The van der Waals surface area contributed by atoms with Gasteiger partial charge < -0.3 is 9.47 Å². The molecule has 0 aromatic heterocycles. The van der Waals surface area contributed by atoms with Gasteiger partial charge in [-0.25, -0.2) is 0 Å². The minimum Gasteiger partial charge on any atom is -0.495 e. The highest BCUT2D eigenvalue weighted by atomic mass is 32.2. The molecule has 0 unspecified atom stereocenters. The quantitative estimate of drug-likeness (QED) is 0.782. The van der Waals surface area contributed by atoms with Crippen LogP contribution in [0.25, 0.3) is 0 Å². The first kappa shape index (κ1) is 14.3. The van der Waals surface area contributed by atoms with E-state index in [0.29, 0.717) is 17.9 Å². The van der Waals surface area contributed by atoms with Crippen LogP contribution in [0.3, 0.4) is 0 Å². The van der Waals surface area contributed by atoms with Gasteiger partial charge >= 0.3 is 0 Å². The maximum atomic E-state index is 9.07. The Kier molecular flexibility index (Phi) is 4.91. The molecule has 0 fully saturated rings. The van der Waals surface area contributed by atoms with Gasteiger partial charge in [0.1, 0.15) is 24.2 Å². The number of hydrogen-bond donors (Lipinski definition) is 0. The van der Waals surface area contributed by atoms with Gasteiger partial charge in [0, 0.05) is 4.90 Å². The molecule has 3 nitrogen and oxygen atoms in total. The molecule has 2 aromatic rings.